The summed E-state index contributed by atoms with van der Waals surface area (Å²) in [4.78, 5) is 26.7. The molecule has 3 rings (SSSR count). The summed E-state index contributed by atoms with van der Waals surface area (Å²) >= 11 is 0. The molecule has 3 amide bonds. The molecule has 0 unspecified atom stereocenters. The van der Waals surface area contributed by atoms with Gasteiger partial charge in [0.1, 0.15) is 17.6 Å². The Bertz CT molecular complexity index is 810. The van der Waals surface area contributed by atoms with Gasteiger partial charge in [0, 0.05) is 24.8 Å². The lowest BCUT2D eigenvalue weighted by Crippen LogP contribution is -2.47. The van der Waals surface area contributed by atoms with Crippen LogP contribution in [0.5, 0.6) is 5.75 Å². The Labute approximate surface area is 157 Å². The van der Waals surface area contributed by atoms with Gasteiger partial charge < -0.3 is 20.3 Å². The van der Waals surface area contributed by atoms with Crippen molar-refractivity contribution >= 4 is 17.6 Å². The van der Waals surface area contributed by atoms with Gasteiger partial charge in [0.15, 0.2) is 0 Å². The molecule has 0 bridgehead atoms. The molecule has 1 fully saturated rings. The highest BCUT2D eigenvalue weighted by Gasteiger charge is 2.34. The van der Waals surface area contributed by atoms with Crippen LogP contribution in [0.2, 0.25) is 0 Å². The molecule has 0 aliphatic carbocycles. The zero-order valence-corrected chi connectivity index (χ0v) is 15.1. The number of nitrogens with zero attached hydrogens (tertiary/aromatic N) is 1. The molecule has 2 N–H and O–H groups in total. The number of rotatable bonds is 5. The summed E-state index contributed by atoms with van der Waals surface area (Å²) in [6.45, 7) is 0.811. The Morgan fingerprint density at radius 2 is 2.00 bits per heavy atom. The lowest BCUT2D eigenvalue weighted by Gasteiger charge is -2.24. The van der Waals surface area contributed by atoms with Crippen LogP contribution in [0.25, 0.3) is 0 Å². The number of urea groups is 1. The predicted molar refractivity (Wildman–Crippen MR) is 100.0 cm³/mol. The second-order valence-electron chi connectivity index (χ2n) is 6.36. The zero-order chi connectivity index (χ0) is 19.2. The number of nitrogens with one attached hydrogen (secondary N) is 2. The maximum Gasteiger partial charge on any atom is 0.322 e. The number of anilines is 1. The summed E-state index contributed by atoms with van der Waals surface area (Å²) in [6, 6.07) is 12.2. The van der Waals surface area contributed by atoms with E-state index < -0.39 is 6.04 Å². The molecule has 0 radical (unpaired) electrons. The Kier molecular flexibility index (Phi) is 5.90. The van der Waals surface area contributed by atoms with Crippen molar-refractivity contribution in [2.45, 2.75) is 25.4 Å². The Morgan fingerprint density at radius 1 is 1.22 bits per heavy atom. The molecule has 142 valence electrons. The number of benzene rings is 2. The topological polar surface area (TPSA) is 70.7 Å². The monoisotopic (exact) mass is 371 g/mol. The first-order chi connectivity index (χ1) is 13.1. The molecule has 2 aromatic rings. The first-order valence-corrected chi connectivity index (χ1v) is 8.80. The van der Waals surface area contributed by atoms with Gasteiger partial charge in [-0.1, -0.05) is 18.2 Å². The molecule has 1 saturated heterocycles. The van der Waals surface area contributed by atoms with Crippen LogP contribution < -0.4 is 15.4 Å². The smallest absolute Gasteiger partial charge is 0.322 e. The Hall–Kier alpha value is -3.09. The van der Waals surface area contributed by atoms with Crippen LogP contribution in [0.4, 0.5) is 14.9 Å². The van der Waals surface area contributed by atoms with E-state index in [4.69, 9.17) is 4.74 Å². The lowest BCUT2D eigenvalue weighted by atomic mass is 10.2. The van der Waals surface area contributed by atoms with Crippen molar-refractivity contribution in [1.29, 1.82) is 0 Å². The minimum Gasteiger partial charge on any atom is -0.497 e. The maximum atomic E-state index is 13.0. The van der Waals surface area contributed by atoms with Crippen LogP contribution >= 0.6 is 0 Å². The van der Waals surface area contributed by atoms with Gasteiger partial charge in [-0.25, -0.2) is 9.18 Å². The van der Waals surface area contributed by atoms with E-state index in [-0.39, 0.29) is 17.8 Å². The molecule has 6 nitrogen and oxygen atoms in total. The highest BCUT2D eigenvalue weighted by molar-refractivity contribution is 5.94. The number of carbonyl (C=O) groups excluding carboxylic acids is 2. The second-order valence-corrected chi connectivity index (χ2v) is 6.36. The summed E-state index contributed by atoms with van der Waals surface area (Å²) in [5.74, 6) is 0.113. The Morgan fingerprint density at radius 3 is 2.74 bits per heavy atom. The van der Waals surface area contributed by atoms with E-state index in [2.05, 4.69) is 10.6 Å². The highest BCUT2D eigenvalue weighted by Crippen LogP contribution is 2.21. The Balaban J connectivity index is 1.59. The van der Waals surface area contributed by atoms with Gasteiger partial charge in [-0.15, -0.1) is 0 Å². The van der Waals surface area contributed by atoms with Crippen molar-refractivity contribution in [3.8, 4) is 5.75 Å². The number of methoxy groups -OCH3 is 1. The SMILES string of the molecule is COc1cccc(NC(=O)N2CCC[C@@H]2C(=O)NCc2ccc(F)cc2)c1. The number of likely N-dealkylation sites (tertiary alicyclic amines) is 1. The van der Waals surface area contributed by atoms with Crippen molar-refractivity contribution in [3.63, 3.8) is 0 Å². The summed E-state index contributed by atoms with van der Waals surface area (Å²) in [5.41, 5.74) is 1.41. The molecule has 0 spiro atoms. The van der Waals surface area contributed by atoms with Crippen molar-refractivity contribution in [2.24, 2.45) is 0 Å². The molecule has 0 saturated carbocycles. The van der Waals surface area contributed by atoms with Gasteiger partial charge in [-0.2, -0.15) is 0 Å². The summed E-state index contributed by atoms with van der Waals surface area (Å²) in [7, 11) is 1.56. The minimum absolute atomic E-state index is 0.211. The van der Waals surface area contributed by atoms with E-state index in [1.165, 1.54) is 12.1 Å². The fraction of sp³-hybridized carbons (Fsp3) is 0.300. The van der Waals surface area contributed by atoms with Gasteiger partial charge >= 0.3 is 6.03 Å². The number of amides is 3. The normalized spacial score (nSPS) is 16.1. The van der Waals surface area contributed by atoms with Crippen molar-refractivity contribution in [2.75, 3.05) is 19.0 Å². The van der Waals surface area contributed by atoms with Crippen LogP contribution in [0.3, 0.4) is 0 Å². The molecule has 0 aromatic heterocycles. The van der Waals surface area contributed by atoms with Gasteiger partial charge in [0.25, 0.3) is 0 Å². The number of hydrogen-bond acceptors (Lipinski definition) is 3. The van der Waals surface area contributed by atoms with E-state index >= 15 is 0 Å². The molecular formula is C20H22FN3O3. The summed E-state index contributed by atoms with van der Waals surface area (Å²) < 4.78 is 18.1. The van der Waals surface area contributed by atoms with E-state index in [1.54, 1.807) is 48.4 Å². The third-order valence-corrected chi connectivity index (χ3v) is 4.52. The molecule has 1 atom stereocenters. The second kappa shape index (κ2) is 8.53. The van der Waals surface area contributed by atoms with Gasteiger partial charge in [0.2, 0.25) is 5.91 Å². The van der Waals surface area contributed by atoms with Gasteiger partial charge in [-0.05, 0) is 42.7 Å². The lowest BCUT2D eigenvalue weighted by molar-refractivity contribution is -0.124. The van der Waals surface area contributed by atoms with Crippen LogP contribution in [-0.4, -0.2) is 36.5 Å². The van der Waals surface area contributed by atoms with Crippen LogP contribution in [0, 0.1) is 5.82 Å². The first kappa shape index (κ1) is 18.7. The standard InChI is InChI=1S/C20H22FN3O3/c1-27-17-5-2-4-16(12-17)23-20(26)24-11-3-6-18(24)19(25)22-13-14-7-9-15(21)10-8-14/h2,4-5,7-10,12,18H,3,6,11,13H2,1H3,(H,22,25)(H,23,26)/t18-/m1/s1. The predicted octanol–water partition coefficient (Wildman–Crippen LogP) is 3.15. The summed E-state index contributed by atoms with van der Waals surface area (Å²) in [5, 5.41) is 5.63. The van der Waals surface area contributed by atoms with E-state index in [1.807, 2.05) is 0 Å². The molecule has 1 heterocycles. The molecular weight excluding hydrogens is 349 g/mol. The van der Waals surface area contributed by atoms with E-state index in [0.29, 0.717) is 30.9 Å². The molecule has 2 aromatic carbocycles. The molecule has 7 heteroatoms. The fourth-order valence-corrected chi connectivity index (χ4v) is 3.09. The van der Waals surface area contributed by atoms with Gasteiger partial charge in [-0.3, -0.25) is 4.79 Å². The van der Waals surface area contributed by atoms with Crippen LogP contribution in [0.15, 0.2) is 48.5 Å². The maximum absolute atomic E-state index is 13.0. The molecule has 27 heavy (non-hydrogen) atoms. The minimum atomic E-state index is -0.518. The van der Waals surface area contributed by atoms with Gasteiger partial charge in [0.05, 0.1) is 7.11 Å². The average Bonchev–Trinajstić information content (AvgIpc) is 3.17. The van der Waals surface area contributed by atoms with Crippen molar-refractivity contribution < 1.29 is 18.7 Å². The van der Waals surface area contributed by atoms with E-state index in [0.717, 1.165) is 12.0 Å². The van der Waals surface area contributed by atoms with Crippen molar-refractivity contribution in [1.82, 2.24) is 10.2 Å². The van der Waals surface area contributed by atoms with Crippen LogP contribution in [0.1, 0.15) is 18.4 Å². The zero-order valence-electron chi connectivity index (χ0n) is 15.1. The number of carbonyl (C=O) groups is 2. The fourth-order valence-electron chi connectivity index (χ4n) is 3.09. The summed E-state index contributed by atoms with van der Waals surface area (Å²) in [6.07, 6.45) is 1.38. The quantitative estimate of drug-likeness (QED) is 0.848. The number of halogens is 1. The first-order valence-electron chi connectivity index (χ1n) is 8.80. The molecule has 1 aliphatic rings. The van der Waals surface area contributed by atoms with Crippen molar-refractivity contribution in [3.05, 3.63) is 59.9 Å². The number of hydrogen-bond donors (Lipinski definition) is 2. The van der Waals surface area contributed by atoms with Crippen LogP contribution in [-0.2, 0) is 11.3 Å². The third-order valence-electron chi connectivity index (χ3n) is 4.52. The third kappa shape index (κ3) is 4.75. The van der Waals surface area contributed by atoms with E-state index in [9.17, 15) is 14.0 Å². The average molecular weight is 371 g/mol. The highest BCUT2D eigenvalue weighted by atomic mass is 19.1. The number of ether oxygens (including phenoxy) is 1. The molecule has 1 aliphatic heterocycles. The largest absolute Gasteiger partial charge is 0.497 e.